The topological polar surface area (TPSA) is 0 Å². The van der Waals surface area contributed by atoms with Gasteiger partial charge in [0.2, 0.25) is 0 Å². The molecule has 0 spiro atoms. The Morgan fingerprint density at radius 1 is 0.611 bits per heavy atom. The zero-order valence-corrected chi connectivity index (χ0v) is 16.3. The molecule has 0 amide bonds. The van der Waals surface area contributed by atoms with E-state index in [1.54, 1.807) is 0 Å². The monoisotopic (exact) mass is 504 g/mol. The zero-order valence-electron chi connectivity index (χ0n) is 9.90. The SMILES string of the molecule is [Te]=[P+](CC[P+](=[Te])c1ccccc1)c1ccccc1. The van der Waals surface area contributed by atoms with Crippen molar-refractivity contribution in [1.82, 2.24) is 0 Å². The van der Waals surface area contributed by atoms with Crippen molar-refractivity contribution in [3.8, 4) is 0 Å². The minimum absolute atomic E-state index is 0.0293. The van der Waals surface area contributed by atoms with Crippen molar-refractivity contribution in [1.29, 1.82) is 0 Å². The molecule has 0 aromatic heterocycles. The van der Waals surface area contributed by atoms with Crippen LogP contribution in [0.3, 0.4) is 0 Å². The molecular weight excluding hydrogens is 485 g/mol. The average molecular weight is 499 g/mol. The maximum atomic E-state index is 2.32. The third-order valence-corrected chi connectivity index (χ3v) is 12.7. The van der Waals surface area contributed by atoms with Crippen LogP contribution in [-0.2, 0) is 0 Å². The molecule has 0 aliphatic rings. The molecular formula is C14H14P2Te2+2. The number of benzene rings is 2. The maximum absolute atomic E-state index is 2.32. The molecule has 18 heavy (non-hydrogen) atoms. The van der Waals surface area contributed by atoms with E-state index in [2.05, 4.69) is 103 Å². The Morgan fingerprint density at radius 2 is 0.944 bits per heavy atom. The van der Waals surface area contributed by atoms with Crippen LogP contribution < -0.4 is 10.6 Å². The Kier molecular flexibility index (Phi) is 6.70. The molecule has 0 bridgehead atoms. The van der Waals surface area contributed by atoms with E-state index in [-0.39, 0.29) is 10.3 Å². The van der Waals surface area contributed by atoms with Crippen LogP contribution in [0.15, 0.2) is 60.7 Å². The van der Waals surface area contributed by atoms with Crippen LogP contribution in [-0.4, -0.2) is 54.8 Å². The van der Waals surface area contributed by atoms with Crippen molar-refractivity contribution in [2.45, 2.75) is 0 Å². The van der Waals surface area contributed by atoms with Crippen LogP contribution >= 0.6 is 10.3 Å². The molecule has 0 fully saturated rings. The van der Waals surface area contributed by atoms with Gasteiger partial charge in [-0.2, -0.15) is 0 Å². The molecule has 0 saturated carbocycles. The normalized spacial score (nSPS) is 12.0. The van der Waals surface area contributed by atoms with E-state index in [1.165, 1.54) is 22.9 Å². The molecule has 2 rings (SSSR count). The fourth-order valence-electron chi connectivity index (χ4n) is 1.63. The van der Waals surface area contributed by atoms with Crippen molar-refractivity contribution >= 4 is 63.4 Å². The number of rotatable bonds is 5. The average Bonchev–Trinajstić information content (AvgIpc) is 2.46. The predicted octanol–water partition coefficient (Wildman–Crippen LogP) is 2.77. The summed E-state index contributed by atoms with van der Waals surface area (Å²) in [6.07, 6.45) is 2.70. The van der Waals surface area contributed by atoms with Gasteiger partial charge in [-0.05, 0) is 0 Å². The molecule has 90 valence electrons. The van der Waals surface area contributed by atoms with Gasteiger partial charge in [-0.15, -0.1) is 0 Å². The summed E-state index contributed by atoms with van der Waals surface area (Å²) < 4.78 is 0. The van der Waals surface area contributed by atoms with E-state index >= 15 is 0 Å². The molecule has 0 aliphatic carbocycles. The molecule has 0 saturated heterocycles. The standard InChI is InChI=1S/C14H14P2Te2/c17-15(13-7-3-1-4-8-13)11-12-16(18)14-9-5-2-6-10-14/h1-10H,11-12H2/q+2. The Labute approximate surface area is 135 Å². The summed E-state index contributed by atoms with van der Waals surface area (Å²) in [5, 5.41) is 3.13. The Hall–Kier alpha value is 0.619. The summed E-state index contributed by atoms with van der Waals surface area (Å²) in [6.45, 7) is 0. The third kappa shape index (κ3) is 4.62. The Morgan fingerprint density at radius 3 is 1.28 bits per heavy atom. The Balaban J connectivity index is 1.93. The quantitative estimate of drug-likeness (QED) is 0.439. The van der Waals surface area contributed by atoms with Crippen molar-refractivity contribution in [2.75, 3.05) is 12.3 Å². The zero-order chi connectivity index (χ0) is 12.8. The molecule has 0 nitrogen and oxygen atoms in total. The fraction of sp³-hybridized carbons (Fsp3) is 0.143. The molecule has 2 aromatic rings. The first-order valence-corrected chi connectivity index (χ1v) is 14.9. The van der Waals surface area contributed by atoms with Gasteiger partial charge in [0.15, 0.2) is 0 Å². The molecule has 0 radical (unpaired) electrons. The minimum atomic E-state index is 0.0293. The molecule has 0 aliphatic heterocycles. The van der Waals surface area contributed by atoms with E-state index in [1.807, 2.05) is 0 Å². The number of hydrogen-bond acceptors (Lipinski definition) is 0. The van der Waals surface area contributed by atoms with Crippen LogP contribution in [0, 0.1) is 0 Å². The van der Waals surface area contributed by atoms with Crippen molar-refractivity contribution in [2.24, 2.45) is 0 Å². The first kappa shape index (κ1) is 15.0. The second-order valence-corrected chi connectivity index (χ2v) is 14.9. The van der Waals surface area contributed by atoms with Crippen LogP contribution in [0.1, 0.15) is 0 Å². The predicted molar refractivity (Wildman–Crippen MR) is 87.2 cm³/mol. The van der Waals surface area contributed by atoms with Crippen molar-refractivity contribution in [3.63, 3.8) is 0 Å². The van der Waals surface area contributed by atoms with E-state index in [0.717, 1.165) is 0 Å². The summed E-state index contributed by atoms with van der Waals surface area (Å²) in [7, 11) is 0. The van der Waals surface area contributed by atoms with Gasteiger partial charge in [0, 0.05) is 0 Å². The second kappa shape index (κ2) is 8.03. The first-order chi connectivity index (χ1) is 8.77. The fourth-order valence-corrected chi connectivity index (χ4v) is 10.9. The van der Waals surface area contributed by atoms with E-state index < -0.39 is 0 Å². The van der Waals surface area contributed by atoms with Gasteiger partial charge in [-0.3, -0.25) is 0 Å². The van der Waals surface area contributed by atoms with Gasteiger partial charge < -0.3 is 0 Å². The van der Waals surface area contributed by atoms with Gasteiger partial charge in [-0.1, -0.05) is 0 Å². The van der Waals surface area contributed by atoms with E-state index in [9.17, 15) is 0 Å². The van der Waals surface area contributed by atoms with Crippen LogP contribution in [0.25, 0.3) is 0 Å². The summed E-state index contributed by atoms with van der Waals surface area (Å²) in [5.74, 6) is 0. The summed E-state index contributed by atoms with van der Waals surface area (Å²) in [6, 6.07) is 21.9. The van der Waals surface area contributed by atoms with E-state index in [4.69, 9.17) is 0 Å². The van der Waals surface area contributed by atoms with Crippen LogP contribution in [0.2, 0.25) is 0 Å². The summed E-state index contributed by atoms with van der Waals surface area (Å²) in [5.41, 5.74) is 0. The molecule has 4 heteroatoms. The van der Waals surface area contributed by atoms with Gasteiger partial charge in [0.1, 0.15) is 0 Å². The van der Waals surface area contributed by atoms with Gasteiger partial charge in [0.25, 0.3) is 0 Å². The molecule has 2 aromatic carbocycles. The molecule has 0 heterocycles. The van der Waals surface area contributed by atoms with Crippen LogP contribution in [0.5, 0.6) is 0 Å². The van der Waals surface area contributed by atoms with Crippen molar-refractivity contribution in [3.05, 3.63) is 60.7 Å². The van der Waals surface area contributed by atoms with Crippen molar-refractivity contribution < 1.29 is 0 Å². The van der Waals surface area contributed by atoms with Crippen LogP contribution in [0.4, 0.5) is 0 Å². The Bertz CT molecular complexity index is 487. The van der Waals surface area contributed by atoms with E-state index in [0.29, 0.717) is 0 Å². The number of hydrogen-bond donors (Lipinski definition) is 0. The second-order valence-electron chi connectivity index (χ2n) is 3.88. The molecule has 2 atom stereocenters. The van der Waals surface area contributed by atoms with Gasteiger partial charge in [-0.25, -0.2) is 0 Å². The van der Waals surface area contributed by atoms with Gasteiger partial charge in [0.05, 0.1) is 0 Å². The third-order valence-electron chi connectivity index (χ3n) is 2.59. The molecule has 2 unspecified atom stereocenters. The first-order valence-electron chi connectivity index (χ1n) is 5.77. The van der Waals surface area contributed by atoms with Gasteiger partial charge >= 0.3 is 136 Å². The molecule has 0 N–H and O–H groups in total. The summed E-state index contributed by atoms with van der Waals surface area (Å²) >= 11 is 4.65. The summed E-state index contributed by atoms with van der Waals surface area (Å²) in [4.78, 5) is 0.